The summed E-state index contributed by atoms with van der Waals surface area (Å²) in [5.74, 6) is 2.25. The van der Waals surface area contributed by atoms with Crippen LogP contribution in [0.5, 0.6) is 0 Å². The first-order valence-corrected chi connectivity index (χ1v) is 4.75. The molecule has 0 saturated carbocycles. The molecule has 4 heteroatoms. The van der Waals surface area contributed by atoms with Crippen LogP contribution in [0.25, 0.3) is 0 Å². The van der Waals surface area contributed by atoms with Gasteiger partial charge in [0.25, 0.3) is 5.91 Å². The molecule has 0 unspecified atom stereocenters. The Kier molecular flexibility index (Phi) is 3.70. The molecular weight excluding hydrogens is 212 g/mol. The Balaban J connectivity index is 2.97. The molecule has 1 rings (SSSR count). The Morgan fingerprint density at radius 2 is 2.33 bits per heavy atom. The molecule has 0 N–H and O–H groups in total. The summed E-state index contributed by atoms with van der Waals surface area (Å²) in [6, 6.07) is 3.21. The molecule has 1 heterocycles. The molecule has 78 valence electrons. The van der Waals surface area contributed by atoms with Gasteiger partial charge in [-0.15, -0.1) is 6.42 Å². The molecule has 0 aliphatic heterocycles. The summed E-state index contributed by atoms with van der Waals surface area (Å²) in [5.41, 5.74) is 1.21. The van der Waals surface area contributed by atoms with Crippen molar-refractivity contribution >= 4 is 17.5 Å². The monoisotopic (exact) mass is 222 g/mol. The van der Waals surface area contributed by atoms with Crippen LogP contribution in [0.4, 0.5) is 0 Å². The largest absolute Gasteiger partial charge is 0.331 e. The van der Waals surface area contributed by atoms with Crippen molar-refractivity contribution in [2.75, 3.05) is 13.6 Å². The van der Waals surface area contributed by atoms with Gasteiger partial charge in [0.2, 0.25) is 0 Å². The average molecular weight is 223 g/mol. The van der Waals surface area contributed by atoms with E-state index in [1.54, 1.807) is 20.0 Å². The van der Waals surface area contributed by atoms with Crippen molar-refractivity contribution in [2.45, 2.75) is 6.92 Å². The van der Waals surface area contributed by atoms with E-state index in [2.05, 4.69) is 10.9 Å². The van der Waals surface area contributed by atoms with Crippen LogP contribution in [0.15, 0.2) is 12.1 Å². The summed E-state index contributed by atoms with van der Waals surface area (Å²) in [5, 5.41) is 0.312. The lowest BCUT2D eigenvalue weighted by atomic mass is 10.2. The number of aromatic nitrogens is 1. The lowest BCUT2D eigenvalue weighted by molar-refractivity contribution is 0.0812. The van der Waals surface area contributed by atoms with Crippen molar-refractivity contribution in [2.24, 2.45) is 0 Å². The van der Waals surface area contributed by atoms with Gasteiger partial charge in [-0.25, -0.2) is 4.98 Å². The van der Waals surface area contributed by atoms with Gasteiger partial charge < -0.3 is 4.90 Å². The van der Waals surface area contributed by atoms with Crippen molar-refractivity contribution in [3.63, 3.8) is 0 Å². The average Bonchev–Trinajstić information content (AvgIpc) is 2.15. The number of pyridine rings is 1. The second-order valence-corrected chi connectivity index (χ2v) is 3.57. The Morgan fingerprint density at radius 1 is 1.67 bits per heavy atom. The van der Waals surface area contributed by atoms with E-state index in [0.29, 0.717) is 16.4 Å². The Morgan fingerprint density at radius 3 is 2.87 bits per heavy atom. The molecule has 15 heavy (non-hydrogen) atoms. The lowest BCUT2D eigenvalue weighted by Crippen LogP contribution is -2.27. The van der Waals surface area contributed by atoms with E-state index in [4.69, 9.17) is 18.0 Å². The van der Waals surface area contributed by atoms with Crippen molar-refractivity contribution in [3.8, 4) is 12.3 Å². The van der Waals surface area contributed by atoms with Crippen LogP contribution in [-0.2, 0) is 0 Å². The third-order valence-electron chi connectivity index (χ3n) is 1.84. The van der Waals surface area contributed by atoms with Gasteiger partial charge in [0.05, 0.1) is 6.54 Å². The number of hydrogen-bond donors (Lipinski definition) is 0. The van der Waals surface area contributed by atoms with Crippen LogP contribution >= 0.6 is 11.6 Å². The second-order valence-electron chi connectivity index (χ2n) is 3.19. The van der Waals surface area contributed by atoms with Gasteiger partial charge in [-0.05, 0) is 19.1 Å². The lowest BCUT2D eigenvalue weighted by Gasteiger charge is -2.13. The van der Waals surface area contributed by atoms with Gasteiger partial charge in [-0.1, -0.05) is 17.5 Å². The van der Waals surface area contributed by atoms with Gasteiger partial charge in [-0.3, -0.25) is 4.79 Å². The topological polar surface area (TPSA) is 33.2 Å². The van der Waals surface area contributed by atoms with E-state index in [1.165, 1.54) is 11.0 Å². The zero-order valence-corrected chi connectivity index (χ0v) is 9.38. The molecule has 0 aliphatic rings. The van der Waals surface area contributed by atoms with Gasteiger partial charge >= 0.3 is 0 Å². The summed E-state index contributed by atoms with van der Waals surface area (Å²) in [6.45, 7) is 2.06. The minimum absolute atomic E-state index is 0.152. The second kappa shape index (κ2) is 4.81. The fourth-order valence-corrected chi connectivity index (χ4v) is 1.43. The minimum Gasteiger partial charge on any atom is -0.331 e. The highest BCUT2D eigenvalue weighted by Crippen LogP contribution is 2.11. The van der Waals surface area contributed by atoms with E-state index in [0.717, 1.165) is 0 Å². The number of hydrogen-bond acceptors (Lipinski definition) is 2. The fraction of sp³-hybridized carbons (Fsp3) is 0.273. The normalized spacial score (nSPS) is 9.47. The first-order valence-electron chi connectivity index (χ1n) is 4.37. The van der Waals surface area contributed by atoms with Gasteiger partial charge in [0, 0.05) is 18.3 Å². The highest BCUT2D eigenvalue weighted by atomic mass is 35.5. The van der Waals surface area contributed by atoms with Crippen molar-refractivity contribution in [1.82, 2.24) is 9.88 Å². The van der Waals surface area contributed by atoms with Crippen LogP contribution in [-0.4, -0.2) is 29.4 Å². The summed E-state index contributed by atoms with van der Waals surface area (Å²) in [4.78, 5) is 17.2. The van der Waals surface area contributed by atoms with Crippen LogP contribution in [0.1, 0.15) is 16.1 Å². The maximum Gasteiger partial charge on any atom is 0.254 e. The van der Waals surface area contributed by atoms with Crippen LogP contribution in [0.3, 0.4) is 0 Å². The molecular formula is C11H11ClN2O. The van der Waals surface area contributed by atoms with Gasteiger partial charge in [-0.2, -0.15) is 0 Å². The first-order chi connectivity index (χ1) is 7.04. The first kappa shape index (κ1) is 11.5. The number of amides is 1. The highest BCUT2D eigenvalue weighted by molar-refractivity contribution is 6.29. The number of halogens is 1. The molecule has 0 spiro atoms. The number of nitrogens with zero attached hydrogens (tertiary/aromatic N) is 2. The van der Waals surface area contributed by atoms with E-state index in [1.807, 2.05) is 0 Å². The molecule has 1 aromatic rings. The molecule has 1 amide bonds. The Bertz CT molecular complexity index is 403. The van der Waals surface area contributed by atoms with E-state index < -0.39 is 0 Å². The summed E-state index contributed by atoms with van der Waals surface area (Å²) in [7, 11) is 1.64. The molecule has 1 aromatic heterocycles. The number of carbonyl (C=O) groups excluding carboxylic acids is 1. The highest BCUT2D eigenvalue weighted by Gasteiger charge is 2.11. The molecule has 0 aromatic carbocycles. The zero-order chi connectivity index (χ0) is 11.4. The Hall–Kier alpha value is -1.53. The molecule has 0 aliphatic carbocycles. The summed E-state index contributed by atoms with van der Waals surface area (Å²) < 4.78 is 0. The Labute approximate surface area is 94.1 Å². The maximum atomic E-state index is 11.8. The zero-order valence-electron chi connectivity index (χ0n) is 8.62. The van der Waals surface area contributed by atoms with Crippen molar-refractivity contribution < 1.29 is 4.79 Å². The quantitative estimate of drug-likeness (QED) is 0.564. The number of carbonyl (C=O) groups is 1. The number of terminal acetylenes is 1. The third kappa shape index (κ3) is 2.97. The molecule has 3 nitrogen and oxygen atoms in total. The predicted octanol–water partition coefficient (Wildman–Crippen LogP) is 1.75. The fourth-order valence-electron chi connectivity index (χ4n) is 1.18. The number of rotatable bonds is 2. The molecule has 0 fully saturated rings. The number of aryl methyl sites for hydroxylation is 1. The predicted molar refractivity (Wildman–Crippen MR) is 59.8 cm³/mol. The summed E-state index contributed by atoms with van der Waals surface area (Å²) >= 11 is 5.75. The maximum absolute atomic E-state index is 11.8. The standard InChI is InChI=1S/C11H11ClN2O/c1-4-5-14(3)11(15)9-6-8(2)13-10(12)7-9/h1,6-7H,5H2,2-3H3. The van der Waals surface area contributed by atoms with Crippen LogP contribution in [0.2, 0.25) is 5.15 Å². The molecule has 0 atom stereocenters. The molecule has 0 bridgehead atoms. The van der Waals surface area contributed by atoms with E-state index >= 15 is 0 Å². The van der Waals surface area contributed by atoms with Crippen LogP contribution in [0, 0.1) is 19.3 Å². The van der Waals surface area contributed by atoms with E-state index in [9.17, 15) is 4.79 Å². The third-order valence-corrected chi connectivity index (χ3v) is 2.04. The van der Waals surface area contributed by atoms with Gasteiger partial charge in [0.1, 0.15) is 5.15 Å². The van der Waals surface area contributed by atoms with Crippen molar-refractivity contribution in [3.05, 3.63) is 28.5 Å². The minimum atomic E-state index is -0.152. The SMILES string of the molecule is C#CCN(C)C(=O)c1cc(C)nc(Cl)c1. The van der Waals surface area contributed by atoms with Crippen LogP contribution < -0.4 is 0 Å². The molecule has 0 saturated heterocycles. The van der Waals surface area contributed by atoms with E-state index in [-0.39, 0.29) is 12.5 Å². The van der Waals surface area contributed by atoms with Gasteiger partial charge in [0.15, 0.2) is 0 Å². The van der Waals surface area contributed by atoms with Crippen molar-refractivity contribution in [1.29, 1.82) is 0 Å². The molecule has 0 radical (unpaired) electrons. The summed E-state index contributed by atoms with van der Waals surface area (Å²) in [6.07, 6.45) is 5.12. The smallest absolute Gasteiger partial charge is 0.254 e.